The summed E-state index contributed by atoms with van der Waals surface area (Å²) < 4.78 is 27.5. The number of alkyl halides is 2. The van der Waals surface area contributed by atoms with Gasteiger partial charge in [-0.1, -0.05) is 37.6 Å². The quantitative estimate of drug-likeness (QED) is 0.850. The van der Waals surface area contributed by atoms with Crippen molar-refractivity contribution in [2.75, 3.05) is 0 Å². The topological polar surface area (TPSA) is 26.0 Å². The molecular weight excluding hydrogens is 244 g/mol. The van der Waals surface area contributed by atoms with Gasteiger partial charge in [-0.25, -0.2) is 8.78 Å². The Morgan fingerprint density at radius 3 is 2.21 bits per heavy atom. The van der Waals surface area contributed by atoms with E-state index in [-0.39, 0.29) is 12.0 Å². The summed E-state index contributed by atoms with van der Waals surface area (Å²) in [6, 6.07) is 7.27. The molecule has 0 atom stereocenters. The van der Waals surface area contributed by atoms with Gasteiger partial charge in [0.15, 0.2) is 0 Å². The van der Waals surface area contributed by atoms with Crippen molar-refractivity contribution in [3.63, 3.8) is 0 Å². The van der Waals surface area contributed by atoms with Gasteiger partial charge in [0.05, 0.1) is 0 Å². The molecule has 1 saturated carbocycles. The molecule has 0 bridgehead atoms. The summed E-state index contributed by atoms with van der Waals surface area (Å²) in [5.41, 5.74) is 7.22. The third-order valence-corrected chi connectivity index (χ3v) is 4.14. The van der Waals surface area contributed by atoms with Gasteiger partial charge in [0.25, 0.3) is 5.92 Å². The van der Waals surface area contributed by atoms with Crippen LogP contribution in [0.25, 0.3) is 0 Å². The smallest absolute Gasteiger partial charge is 0.273 e. The maximum absolute atomic E-state index is 13.8. The maximum Gasteiger partial charge on any atom is 0.273 e. The molecule has 106 valence electrons. The van der Waals surface area contributed by atoms with E-state index >= 15 is 0 Å². The fourth-order valence-corrected chi connectivity index (χ4v) is 2.91. The van der Waals surface area contributed by atoms with E-state index in [9.17, 15) is 8.78 Å². The van der Waals surface area contributed by atoms with Crippen LogP contribution in [0.4, 0.5) is 8.78 Å². The number of hydrogen-bond acceptors (Lipinski definition) is 1. The number of rotatable bonds is 4. The minimum atomic E-state index is -2.69. The fraction of sp³-hybridized carbons (Fsp3) is 0.625. The zero-order valence-electron chi connectivity index (χ0n) is 11.5. The third-order valence-electron chi connectivity index (χ3n) is 4.14. The third kappa shape index (κ3) is 3.53. The first-order chi connectivity index (χ1) is 9.03. The van der Waals surface area contributed by atoms with Gasteiger partial charge >= 0.3 is 0 Å². The monoisotopic (exact) mass is 267 g/mol. The van der Waals surface area contributed by atoms with Crippen LogP contribution in [0.5, 0.6) is 0 Å². The lowest BCUT2D eigenvalue weighted by atomic mass is 9.81. The van der Waals surface area contributed by atoms with E-state index < -0.39 is 5.92 Å². The highest BCUT2D eigenvalue weighted by molar-refractivity contribution is 5.28. The Balaban J connectivity index is 2.06. The molecule has 0 radical (unpaired) electrons. The Bertz CT molecular complexity index is 392. The Morgan fingerprint density at radius 1 is 1.11 bits per heavy atom. The Kier molecular flexibility index (Phi) is 4.56. The minimum absolute atomic E-state index is 0.0787. The van der Waals surface area contributed by atoms with Crippen molar-refractivity contribution in [2.24, 2.45) is 5.73 Å². The normalized spacial score (nSPS) is 24.4. The molecule has 1 aromatic carbocycles. The molecule has 1 fully saturated rings. The standard InChI is InChI=1S/C16H23F2N/c1-2-11-16(17,18)14-7-3-12(4-8-14)13-5-9-15(19)10-6-13/h3-4,7-8,13,15H,2,5-6,9-11,19H2,1H3. The van der Waals surface area contributed by atoms with E-state index in [4.69, 9.17) is 5.73 Å². The molecule has 0 aliphatic heterocycles. The second kappa shape index (κ2) is 6.00. The number of benzene rings is 1. The predicted molar refractivity (Wildman–Crippen MR) is 74.4 cm³/mol. The van der Waals surface area contributed by atoms with Crippen molar-refractivity contribution < 1.29 is 8.78 Å². The van der Waals surface area contributed by atoms with Crippen LogP contribution in [0.3, 0.4) is 0 Å². The van der Waals surface area contributed by atoms with Crippen molar-refractivity contribution in [3.8, 4) is 0 Å². The Hall–Kier alpha value is -0.960. The number of halogens is 2. The van der Waals surface area contributed by atoms with Crippen LogP contribution < -0.4 is 5.73 Å². The minimum Gasteiger partial charge on any atom is -0.328 e. The van der Waals surface area contributed by atoms with Gasteiger partial charge < -0.3 is 5.73 Å². The van der Waals surface area contributed by atoms with Crippen LogP contribution in [0, 0.1) is 0 Å². The van der Waals surface area contributed by atoms with Crippen molar-refractivity contribution in [3.05, 3.63) is 35.4 Å². The molecule has 3 heteroatoms. The molecule has 2 N–H and O–H groups in total. The molecular formula is C16H23F2N. The molecule has 1 aliphatic carbocycles. The van der Waals surface area contributed by atoms with Crippen molar-refractivity contribution in [2.45, 2.75) is 63.3 Å². The second-order valence-electron chi connectivity index (χ2n) is 5.69. The Morgan fingerprint density at radius 2 is 1.68 bits per heavy atom. The van der Waals surface area contributed by atoms with E-state index in [0.717, 1.165) is 25.7 Å². The predicted octanol–water partition coefficient (Wildman–Crippen LogP) is 4.56. The summed E-state index contributed by atoms with van der Waals surface area (Å²) in [6.07, 6.45) is 4.65. The number of hydrogen-bond donors (Lipinski definition) is 1. The highest BCUT2D eigenvalue weighted by atomic mass is 19.3. The first-order valence-electron chi connectivity index (χ1n) is 7.26. The van der Waals surface area contributed by atoms with E-state index in [2.05, 4.69) is 0 Å². The Labute approximate surface area is 114 Å². The van der Waals surface area contributed by atoms with Gasteiger partial charge in [0.1, 0.15) is 0 Å². The van der Waals surface area contributed by atoms with Gasteiger partial charge in [-0.05, 0) is 37.2 Å². The second-order valence-corrected chi connectivity index (χ2v) is 5.69. The SMILES string of the molecule is CCCC(F)(F)c1ccc(C2CCC(N)CC2)cc1. The maximum atomic E-state index is 13.8. The van der Waals surface area contributed by atoms with Crippen LogP contribution in [0.15, 0.2) is 24.3 Å². The lowest BCUT2D eigenvalue weighted by Gasteiger charge is -2.26. The van der Waals surface area contributed by atoms with Crippen LogP contribution in [-0.4, -0.2) is 6.04 Å². The van der Waals surface area contributed by atoms with Crippen molar-refractivity contribution >= 4 is 0 Å². The van der Waals surface area contributed by atoms with E-state index in [1.807, 2.05) is 12.1 Å². The molecule has 1 aliphatic rings. The first-order valence-corrected chi connectivity index (χ1v) is 7.26. The summed E-state index contributed by atoms with van der Waals surface area (Å²) in [5.74, 6) is -2.20. The number of nitrogens with two attached hydrogens (primary N) is 1. The highest BCUT2D eigenvalue weighted by Gasteiger charge is 2.30. The summed E-state index contributed by atoms with van der Waals surface area (Å²) in [6.45, 7) is 1.79. The van der Waals surface area contributed by atoms with Gasteiger partial charge in [0, 0.05) is 18.0 Å². The largest absolute Gasteiger partial charge is 0.328 e. The summed E-state index contributed by atoms with van der Waals surface area (Å²) in [4.78, 5) is 0. The van der Waals surface area contributed by atoms with Gasteiger partial charge in [-0.15, -0.1) is 0 Å². The lowest BCUT2D eigenvalue weighted by molar-refractivity contribution is -0.0140. The molecule has 1 aromatic rings. The van der Waals surface area contributed by atoms with Crippen LogP contribution >= 0.6 is 0 Å². The van der Waals surface area contributed by atoms with Crippen LogP contribution in [0.1, 0.15) is 62.5 Å². The zero-order valence-corrected chi connectivity index (χ0v) is 11.5. The highest BCUT2D eigenvalue weighted by Crippen LogP contribution is 2.36. The first kappa shape index (κ1) is 14.4. The summed E-state index contributed by atoms with van der Waals surface area (Å²) >= 11 is 0. The van der Waals surface area contributed by atoms with E-state index in [0.29, 0.717) is 18.4 Å². The van der Waals surface area contributed by atoms with Crippen molar-refractivity contribution in [1.29, 1.82) is 0 Å². The van der Waals surface area contributed by atoms with Gasteiger partial charge in [-0.2, -0.15) is 0 Å². The molecule has 1 nitrogen and oxygen atoms in total. The molecule has 0 heterocycles. The van der Waals surface area contributed by atoms with Gasteiger partial charge in [0.2, 0.25) is 0 Å². The van der Waals surface area contributed by atoms with Gasteiger partial charge in [-0.3, -0.25) is 0 Å². The van der Waals surface area contributed by atoms with E-state index in [1.54, 1.807) is 19.1 Å². The molecule has 0 amide bonds. The molecule has 19 heavy (non-hydrogen) atoms. The molecule has 2 rings (SSSR count). The zero-order chi connectivity index (χ0) is 13.9. The summed E-state index contributed by atoms with van der Waals surface area (Å²) in [5, 5.41) is 0. The summed E-state index contributed by atoms with van der Waals surface area (Å²) in [7, 11) is 0. The molecule has 0 saturated heterocycles. The van der Waals surface area contributed by atoms with Crippen LogP contribution in [0.2, 0.25) is 0 Å². The van der Waals surface area contributed by atoms with Crippen LogP contribution in [-0.2, 0) is 5.92 Å². The lowest BCUT2D eigenvalue weighted by Crippen LogP contribution is -2.25. The molecule has 0 aromatic heterocycles. The average Bonchev–Trinajstić information content (AvgIpc) is 2.40. The molecule has 0 spiro atoms. The molecule has 0 unspecified atom stereocenters. The average molecular weight is 267 g/mol. The fourth-order valence-electron chi connectivity index (χ4n) is 2.91. The van der Waals surface area contributed by atoms with Crippen molar-refractivity contribution in [1.82, 2.24) is 0 Å². The van der Waals surface area contributed by atoms with E-state index in [1.165, 1.54) is 5.56 Å².